The van der Waals surface area contributed by atoms with Crippen LogP contribution in [0, 0.1) is 12.8 Å². The normalized spacial score (nSPS) is 15.5. The van der Waals surface area contributed by atoms with E-state index < -0.39 is 21.9 Å². The van der Waals surface area contributed by atoms with Crippen molar-refractivity contribution in [3.63, 3.8) is 0 Å². The fourth-order valence-corrected chi connectivity index (χ4v) is 4.91. The Labute approximate surface area is 182 Å². The Balaban J connectivity index is 1.40. The minimum absolute atomic E-state index is 0.0145. The quantitative estimate of drug-likeness (QED) is 0.604. The summed E-state index contributed by atoms with van der Waals surface area (Å²) < 4.78 is 33.6. The molecule has 0 aliphatic carbocycles. The Morgan fingerprint density at radius 2 is 1.87 bits per heavy atom. The van der Waals surface area contributed by atoms with E-state index in [1.807, 2.05) is 30.3 Å². The number of sulfonamides is 1. The standard InChI is InChI=1S/C21H28N4O5S/c1-16-23-20(14-24(16)2)31(28,29)25-12-9-18(10-13-25)21(27)30-15-19(26)22-11-8-17-6-4-3-5-7-17/h3-7,14,18H,8-13,15H2,1-2H3,(H,22,26). The smallest absolute Gasteiger partial charge is 0.309 e. The fraction of sp³-hybridized carbons (Fsp3) is 0.476. The van der Waals surface area contributed by atoms with Gasteiger partial charge in [0.1, 0.15) is 5.82 Å². The van der Waals surface area contributed by atoms with Crippen LogP contribution >= 0.6 is 0 Å². The van der Waals surface area contributed by atoms with Gasteiger partial charge in [0.2, 0.25) is 0 Å². The molecular formula is C21H28N4O5S. The second kappa shape index (κ2) is 10.1. The monoisotopic (exact) mass is 448 g/mol. The van der Waals surface area contributed by atoms with Crippen LogP contribution < -0.4 is 5.32 Å². The number of nitrogens with one attached hydrogen (secondary N) is 1. The van der Waals surface area contributed by atoms with E-state index in [0.717, 1.165) is 5.56 Å². The van der Waals surface area contributed by atoms with Crippen molar-refractivity contribution in [1.82, 2.24) is 19.2 Å². The Kier molecular flexibility index (Phi) is 7.45. The maximum absolute atomic E-state index is 12.7. The highest BCUT2D eigenvalue weighted by molar-refractivity contribution is 7.89. The molecule has 1 amide bonds. The topological polar surface area (TPSA) is 111 Å². The molecule has 1 aliphatic rings. The number of ether oxygens (including phenoxy) is 1. The van der Waals surface area contributed by atoms with E-state index in [0.29, 0.717) is 31.6 Å². The number of piperidine rings is 1. The first-order chi connectivity index (χ1) is 14.8. The Morgan fingerprint density at radius 1 is 1.19 bits per heavy atom. The highest BCUT2D eigenvalue weighted by atomic mass is 32.2. The van der Waals surface area contributed by atoms with Crippen molar-refractivity contribution in [2.45, 2.75) is 31.2 Å². The highest BCUT2D eigenvalue weighted by Gasteiger charge is 2.34. The number of carbonyl (C=O) groups is 2. The predicted octanol–water partition coefficient (Wildman–Crippen LogP) is 1.03. The number of amides is 1. The molecule has 0 bridgehead atoms. The van der Waals surface area contributed by atoms with Crippen molar-refractivity contribution in [2.75, 3.05) is 26.2 Å². The Morgan fingerprint density at radius 3 is 2.48 bits per heavy atom. The first-order valence-electron chi connectivity index (χ1n) is 10.2. The Bertz CT molecular complexity index is 992. The molecule has 168 valence electrons. The second-order valence-corrected chi connectivity index (χ2v) is 9.49. The van der Waals surface area contributed by atoms with Crippen molar-refractivity contribution in [2.24, 2.45) is 13.0 Å². The highest BCUT2D eigenvalue weighted by Crippen LogP contribution is 2.24. The minimum atomic E-state index is -3.69. The molecular weight excluding hydrogens is 420 g/mol. The summed E-state index contributed by atoms with van der Waals surface area (Å²) in [4.78, 5) is 28.3. The van der Waals surface area contributed by atoms with E-state index in [-0.39, 0.29) is 30.6 Å². The van der Waals surface area contributed by atoms with Crippen molar-refractivity contribution in [3.05, 3.63) is 47.9 Å². The zero-order valence-corrected chi connectivity index (χ0v) is 18.6. The lowest BCUT2D eigenvalue weighted by Gasteiger charge is -2.29. The van der Waals surface area contributed by atoms with Gasteiger partial charge in [-0.15, -0.1) is 0 Å². The molecule has 1 N–H and O–H groups in total. The number of nitrogens with zero attached hydrogens (tertiary/aromatic N) is 3. The molecule has 1 aromatic carbocycles. The van der Waals surface area contributed by atoms with Gasteiger partial charge in [0.25, 0.3) is 15.9 Å². The second-order valence-electron chi connectivity index (χ2n) is 7.61. The zero-order valence-electron chi connectivity index (χ0n) is 17.8. The van der Waals surface area contributed by atoms with Gasteiger partial charge in [0.15, 0.2) is 11.6 Å². The summed E-state index contributed by atoms with van der Waals surface area (Å²) in [6, 6.07) is 9.77. The van der Waals surface area contributed by atoms with Crippen LogP contribution in [-0.2, 0) is 37.8 Å². The molecule has 2 heterocycles. The van der Waals surface area contributed by atoms with Crippen LogP contribution in [0.5, 0.6) is 0 Å². The largest absolute Gasteiger partial charge is 0.455 e. The minimum Gasteiger partial charge on any atom is -0.455 e. The summed E-state index contributed by atoms with van der Waals surface area (Å²) in [7, 11) is -1.95. The number of hydrogen-bond donors (Lipinski definition) is 1. The van der Waals surface area contributed by atoms with Gasteiger partial charge in [-0.1, -0.05) is 30.3 Å². The predicted molar refractivity (Wildman–Crippen MR) is 114 cm³/mol. The number of benzene rings is 1. The number of aromatic nitrogens is 2. The molecule has 3 rings (SSSR count). The SMILES string of the molecule is Cc1nc(S(=O)(=O)N2CCC(C(=O)OCC(=O)NCCc3ccccc3)CC2)cn1C. The van der Waals surface area contributed by atoms with Gasteiger partial charge in [0.05, 0.1) is 5.92 Å². The van der Waals surface area contributed by atoms with E-state index in [2.05, 4.69) is 10.3 Å². The van der Waals surface area contributed by atoms with Crippen LogP contribution in [0.15, 0.2) is 41.6 Å². The van der Waals surface area contributed by atoms with Gasteiger partial charge in [-0.25, -0.2) is 13.4 Å². The molecule has 9 nitrogen and oxygen atoms in total. The molecule has 10 heteroatoms. The lowest BCUT2D eigenvalue weighted by molar-refractivity contribution is -0.153. The van der Waals surface area contributed by atoms with Crippen molar-refractivity contribution in [3.8, 4) is 0 Å². The molecule has 0 unspecified atom stereocenters. The van der Waals surface area contributed by atoms with Gasteiger partial charge in [0, 0.05) is 32.9 Å². The molecule has 31 heavy (non-hydrogen) atoms. The maximum Gasteiger partial charge on any atom is 0.309 e. The first kappa shape index (κ1) is 23.0. The number of esters is 1. The third-order valence-electron chi connectivity index (χ3n) is 5.40. The van der Waals surface area contributed by atoms with E-state index >= 15 is 0 Å². The molecule has 0 atom stereocenters. The van der Waals surface area contributed by atoms with Crippen LogP contribution in [0.4, 0.5) is 0 Å². The third kappa shape index (κ3) is 5.92. The van der Waals surface area contributed by atoms with Crippen LogP contribution in [0.2, 0.25) is 0 Å². The molecule has 1 aliphatic heterocycles. The summed E-state index contributed by atoms with van der Waals surface area (Å²) in [6.45, 7) is 2.28. The molecule has 1 aromatic heterocycles. The average molecular weight is 449 g/mol. The lowest BCUT2D eigenvalue weighted by atomic mass is 9.98. The first-order valence-corrected chi connectivity index (χ1v) is 11.7. The molecule has 2 aromatic rings. The Hall–Kier alpha value is -2.72. The van der Waals surface area contributed by atoms with E-state index in [4.69, 9.17) is 4.74 Å². The summed E-state index contributed by atoms with van der Waals surface area (Å²) >= 11 is 0. The number of imidazole rings is 1. The van der Waals surface area contributed by atoms with Gasteiger partial charge in [-0.3, -0.25) is 9.59 Å². The van der Waals surface area contributed by atoms with Crippen LogP contribution in [0.1, 0.15) is 24.2 Å². The summed E-state index contributed by atoms with van der Waals surface area (Å²) in [5, 5.41) is 2.74. The molecule has 0 saturated carbocycles. The summed E-state index contributed by atoms with van der Waals surface area (Å²) in [6.07, 6.45) is 2.88. The number of carbonyl (C=O) groups excluding carboxylic acids is 2. The van der Waals surface area contributed by atoms with Crippen LogP contribution in [-0.4, -0.2) is 60.4 Å². The third-order valence-corrected chi connectivity index (χ3v) is 7.17. The van der Waals surface area contributed by atoms with Gasteiger partial charge < -0.3 is 14.6 Å². The van der Waals surface area contributed by atoms with Crippen molar-refractivity contribution < 1.29 is 22.7 Å². The van der Waals surface area contributed by atoms with E-state index in [9.17, 15) is 18.0 Å². The zero-order chi connectivity index (χ0) is 22.4. The van der Waals surface area contributed by atoms with Crippen LogP contribution in [0.25, 0.3) is 0 Å². The van der Waals surface area contributed by atoms with Crippen molar-refractivity contribution >= 4 is 21.9 Å². The summed E-state index contributed by atoms with van der Waals surface area (Å²) in [5.74, 6) is -0.633. The molecule has 1 fully saturated rings. The lowest BCUT2D eigenvalue weighted by Crippen LogP contribution is -2.41. The number of rotatable bonds is 8. The summed E-state index contributed by atoms with van der Waals surface area (Å²) in [5.41, 5.74) is 1.11. The number of hydrogen-bond acceptors (Lipinski definition) is 6. The van der Waals surface area contributed by atoms with E-state index in [1.165, 1.54) is 10.5 Å². The van der Waals surface area contributed by atoms with E-state index in [1.54, 1.807) is 18.5 Å². The van der Waals surface area contributed by atoms with Gasteiger partial charge in [-0.05, 0) is 31.7 Å². The van der Waals surface area contributed by atoms with Gasteiger partial charge in [-0.2, -0.15) is 4.31 Å². The maximum atomic E-state index is 12.7. The van der Waals surface area contributed by atoms with Crippen molar-refractivity contribution in [1.29, 1.82) is 0 Å². The number of aryl methyl sites for hydroxylation is 2. The average Bonchev–Trinajstić information content (AvgIpc) is 3.12. The molecule has 0 spiro atoms. The molecule has 0 radical (unpaired) electrons. The van der Waals surface area contributed by atoms with Gasteiger partial charge >= 0.3 is 5.97 Å². The van der Waals surface area contributed by atoms with Crippen LogP contribution in [0.3, 0.4) is 0 Å². The fourth-order valence-electron chi connectivity index (χ4n) is 3.41. The molecule has 1 saturated heterocycles.